The fourth-order valence-corrected chi connectivity index (χ4v) is 14.7. The molecule has 1 atom stereocenters. The van der Waals surface area contributed by atoms with Gasteiger partial charge in [-0.25, -0.2) is 13.6 Å². The number of carbonyl (C=O) groups is 15. The fraction of sp³-hybridized carbons (Fsp3) is 0.771. The van der Waals surface area contributed by atoms with E-state index in [0.717, 1.165) is 88.8 Å². The molecule has 6 aliphatic rings. The molecule has 8 rings (SSSR count). The lowest BCUT2D eigenvalue weighted by atomic mass is 9.79. The van der Waals surface area contributed by atoms with Crippen LogP contribution < -0.4 is 37.2 Å². The van der Waals surface area contributed by atoms with Crippen molar-refractivity contribution in [2.24, 2.45) is 54.7 Å². The Kier molecular flexibility index (Phi) is 53.6. The van der Waals surface area contributed by atoms with E-state index < -0.39 is 74.6 Å². The lowest BCUT2D eigenvalue weighted by Gasteiger charge is -2.38. The van der Waals surface area contributed by atoms with E-state index in [1.54, 1.807) is 48.1 Å². The minimum atomic E-state index is -2.59. The molecule has 0 unspecified atom stereocenters. The number of aromatic nitrogens is 1. The highest BCUT2D eigenvalue weighted by molar-refractivity contribution is 7.10. The molecule has 6 fully saturated rings. The van der Waals surface area contributed by atoms with Crippen LogP contribution in [0, 0.1) is 61.6 Å². The number of nitrogens with one attached hydrogen (secondary N) is 7. The number of hydrogen-bond donors (Lipinski definition) is 7. The van der Waals surface area contributed by atoms with E-state index in [1.165, 1.54) is 51.7 Å². The summed E-state index contributed by atoms with van der Waals surface area (Å²) in [6.07, 6.45) is 13.1. The molecule has 0 aromatic carbocycles. The van der Waals surface area contributed by atoms with Crippen molar-refractivity contribution in [3.63, 3.8) is 0 Å². The number of morpholine rings is 1. The number of thiophene rings is 1. The molecule has 138 heavy (non-hydrogen) atoms. The topological polar surface area (TPSA) is 394 Å². The van der Waals surface area contributed by atoms with E-state index in [-0.39, 0.29) is 124 Å². The van der Waals surface area contributed by atoms with Crippen LogP contribution in [0.25, 0.3) is 0 Å². The van der Waals surface area contributed by atoms with Crippen LogP contribution in [0.2, 0.25) is 0 Å². The van der Waals surface area contributed by atoms with Gasteiger partial charge in [-0.2, -0.15) is 0 Å². The first-order valence-corrected chi connectivity index (χ1v) is 50.1. The van der Waals surface area contributed by atoms with Crippen LogP contribution in [0.1, 0.15) is 360 Å². The number of Topliss-reactive ketones (excluding diaryl/α,β-unsaturated/α-hetero) is 3. The maximum Gasteiger partial charge on any atom is 0.407 e. The molecule has 0 bridgehead atoms. The van der Waals surface area contributed by atoms with Crippen molar-refractivity contribution in [3.8, 4) is 0 Å². The lowest BCUT2D eigenvalue weighted by molar-refractivity contribution is -0.144. The van der Waals surface area contributed by atoms with E-state index in [0.29, 0.717) is 63.7 Å². The number of esters is 1. The SMILES string of the molecule is CC(=O)CN(C(=O)C(C)(C)C)C(C)C.CC(C)(C)C(=O)N1CCCC1.CC(C)(C)C(=O)N1CCOCC1.CC(C)(C)C(=O)NC1(C(=O)NCC(F)F)CCCCC1.CC(C)N(CC(=O)CC1CC1)C(=O)C(C)(C)C.COC(=O)CNC(=O)C1(NC(=O)C(C)(C)C)CCCCC1.COC(=O)NC1(C(=O)C(C)(C)C)CC1.C[C@@H](NC(=O)C(C)(C)C)c1cccs1.Cc1ncccc1CNC(=O)C(C)(C)C. The van der Waals surface area contributed by atoms with Gasteiger partial charge in [0.25, 0.3) is 6.43 Å². The summed E-state index contributed by atoms with van der Waals surface area (Å²) in [6.45, 7) is 69.1. The molecule has 7 N–H and O–H groups in total. The summed E-state index contributed by atoms with van der Waals surface area (Å²) >= 11 is 1.67. The monoisotopic (exact) mass is 1970 g/mol. The first-order chi connectivity index (χ1) is 62.9. The van der Waals surface area contributed by atoms with Crippen molar-refractivity contribution in [1.82, 2.24) is 61.8 Å². The van der Waals surface area contributed by atoms with Gasteiger partial charge in [0.05, 0.1) is 53.1 Å². The zero-order valence-electron chi connectivity index (χ0n) is 91.4. The molecule has 11 amide bonds. The molecule has 0 radical (unpaired) electrons. The predicted molar refractivity (Wildman–Crippen MR) is 541 cm³/mol. The van der Waals surface area contributed by atoms with Gasteiger partial charge in [0.1, 0.15) is 28.9 Å². The third-order valence-electron chi connectivity index (χ3n) is 23.0. The smallest absolute Gasteiger partial charge is 0.407 e. The molecule has 2 aromatic rings. The zero-order valence-corrected chi connectivity index (χ0v) is 92.2. The molecule has 2 saturated heterocycles. The molecule has 2 aromatic heterocycles. The number of hydrogen-bond acceptors (Lipinski definition) is 20. The second kappa shape index (κ2) is 57.3. The van der Waals surface area contributed by atoms with Crippen molar-refractivity contribution < 1.29 is 94.9 Å². The largest absolute Gasteiger partial charge is 0.468 e. The quantitative estimate of drug-likeness (QED) is 0.0538. The number of ether oxygens (including phenoxy) is 3. The highest BCUT2D eigenvalue weighted by atomic mass is 32.1. The van der Waals surface area contributed by atoms with Gasteiger partial charge in [0.15, 0.2) is 11.6 Å². The Bertz CT molecular complexity index is 4190. The van der Waals surface area contributed by atoms with Crippen molar-refractivity contribution in [2.45, 2.75) is 392 Å². The molecule has 4 saturated carbocycles. The molecule has 4 heterocycles. The van der Waals surface area contributed by atoms with Crippen LogP contribution in [-0.4, -0.2) is 228 Å². The molecular formula is C105H182F2N12O18S. The van der Waals surface area contributed by atoms with Crippen LogP contribution >= 0.6 is 11.3 Å². The Balaban J connectivity index is 0.00000154. The van der Waals surface area contributed by atoms with E-state index in [4.69, 9.17) is 4.74 Å². The average Bonchev–Trinajstić information content (AvgIpc) is 1.61. The molecular weight excluding hydrogens is 1790 g/mol. The van der Waals surface area contributed by atoms with E-state index in [1.807, 2.05) is 247 Å². The van der Waals surface area contributed by atoms with E-state index in [2.05, 4.69) is 51.7 Å². The first-order valence-electron chi connectivity index (χ1n) is 49.2. The Hall–Kier alpha value is -8.88. The minimum Gasteiger partial charge on any atom is -0.468 e. The Morgan fingerprint density at radius 1 is 0.486 bits per heavy atom. The summed E-state index contributed by atoms with van der Waals surface area (Å²) in [5.41, 5.74) is -4.08. The number of methoxy groups -OCH3 is 2. The minimum absolute atomic E-state index is 0.0244. The number of alkyl halides is 2. The van der Waals surface area contributed by atoms with Gasteiger partial charge in [-0.05, 0) is 142 Å². The van der Waals surface area contributed by atoms with Gasteiger partial charge in [-0.3, -0.25) is 72.1 Å². The summed E-state index contributed by atoms with van der Waals surface area (Å²) in [6, 6.07) is 8.17. The van der Waals surface area contributed by atoms with E-state index in [9.17, 15) is 80.7 Å². The van der Waals surface area contributed by atoms with Crippen molar-refractivity contribution in [1.29, 1.82) is 0 Å². The predicted octanol–water partition coefficient (Wildman–Crippen LogP) is 16.9. The molecule has 790 valence electrons. The molecule has 30 nitrogen and oxygen atoms in total. The number of pyridine rings is 1. The number of ketones is 3. The van der Waals surface area contributed by atoms with Crippen LogP contribution in [0.5, 0.6) is 0 Å². The highest BCUT2D eigenvalue weighted by Gasteiger charge is 2.55. The van der Waals surface area contributed by atoms with Gasteiger partial charge >= 0.3 is 12.1 Å². The third kappa shape index (κ3) is 49.5. The van der Waals surface area contributed by atoms with Crippen molar-refractivity contribution in [2.75, 3.05) is 79.8 Å². The molecule has 0 spiro atoms. The van der Waals surface area contributed by atoms with Crippen molar-refractivity contribution in [3.05, 3.63) is 52.0 Å². The third-order valence-corrected chi connectivity index (χ3v) is 24.1. The number of carbonyl (C=O) groups excluding carboxylic acids is 15. The maximum absolute atomic E-state index is 12.5. The summed E-state index contributed by atoms with van der Waals surface area (Å²) in [4.78, 5) is 189. The van der Waals surface area contributed by atoms with Crippen LogP contribution in [0.3, 0.4) is 0 Å². The molecule has 4 aliphatic carbocycles. The Morgan fingerprint density at radius 2 is 0.906 bits per heavy atom. The summed E-state index contributed by atoms with van der Waals surface area (Å²) < 4.78 is 38.6. The number of likely N-dealkylation sites (tertiary alicyclic amines) is 1. The molecule has 2 aliphatic heterocycles. The second-order valence-electron chi connectivity index (χ2n) is 46.8. The zero-order chi connectivity index (χ0) is 107. The van der Waals surface area contributed by atoms with Gasteiger partial charge < -0.3 is 71.0 Å². The normalized spacial score (nSPS) is 16.3. The summed E-state index contributed by atoms with van der Waals surface area (Å²) in [5, 5.41) is 21.1. The maximum atomic E-state index is 12.5. The first kappa shape index (κ1) is 129. The summed E-state index contributed by atoms with van der Waals surface area (Å²) in [7, 11) is 2.57. The standard InChI is InChI=1S/C15H26N2O4.C14H24F2N2O2.C14H25NO2.C12H18N2O.C11H21NO2.C11H17NOS.C10H17NO3.C9H17NO2.C9H17NO/c1-14(2,3)12(19)17-15(8-6-5-7-9-15)13(20)16-10-11(18)21-4;1-13(2,3)11(19)18-14(7-5-4-6-8-14)12(20)17-9-10(15)16;1-10(2)15(13(17)14(3,4)5)9-12(16)8-11-6-7-11;1-9-10(6-5-7-13-9)8-14-11(15)12(2,3)4;1-8(2)12(7-9(3)13)10(14)11(4,5)6;1-8(9-6-5-7-14-9)12-10(13)11(2,3)4;1-9(2,3)7(12)10(5-6-10)11-8(13)14-4;1-9(2,3)8(11)10-4-6-12-7-5-10;1-9(2,3)8(11)10-6-4-5-7-10/h5-10H2,1-4H3,(H,16,20)(H,17,19);10H,4-9H2,1-3H3,(H,17,20)(H,18,19);10-11H,6-9H2,1-5H3;5-7H,8H2,1-4H3,(H,14,15);8H,7H2,1-6H3;5-8H,1-4H3,(H,12,13);5-6H2,1-4H3,(H,11,13);4-7H2,1-3H3;4-7H2,1-3H3/t;;;;;8-;;;/m.....1.../s1. The number of halogens is 2. The molecule has 33 heteroatoms. The average molecular weight is 1970 g/mol. The van der Waals surface area contributed by atoms with Gasteiger partial charge in [0, 0.05) is 117 Å². The van der Waals surface area contributed by atoms with Crippen molar-refractivity contribution >= 4 is 99.8 Å². The second-order valence-corrected chi connectivity index (χ2v) is 47.8. The lowest BCUT2D eigenvalue weighted by Crippen LogP contribution is -2.61. The fourth-order valence-electron chi connectivity index (χ4n) is 13.9. The number of alkyl carbamates (subject to hydrolysis) is 1. The number of nitrogens with zero attached hydrogens (tertiary/aromatic N) is 5. The van der Waals surface area contributed by atoms with Gasteiger partial charge in [-0.15, -0.1) is 11.3 Å². The van der Waals surface area contributed by atoms with Crippen LogP contribution in [0.4, 0.5) is 13.6 Å². The van der Waals surface area contributed by atoms with Gasteiger partial charge in [-0.1, -0.05) is 238 Å². The summed E-state index contributed by atoms with van der Waals surface area (Å²) in [5.74, 6) is 0.0111. The number of amides is 11. The number of rotatable bonds is 22. The number of aryl methyl sites for hydroxylation is 1. The van der Waals surface area contributed by atoms with Crippen LogP contribution in [-0.2, 0) is 87.9 Å². The van der Waals surface area contributed by atoms with Crippen LogP contribution in [0.15, 0.2) is 35.8 Å². The van der Waals surface area contributed by atoms with Gasteiger partial charge in [0.2, 0.25) is 59.1 Å². The highest BCUT2D eigenvalue weighted by Crippen LogP contribution is 2.42. The Morgan fingerprint density at radius 3 is 1.25 bits per heavy atom. The Labute approximate surface area is 830 Å². The van der Waals surface area contributed by atoms with E-state index >= 15 is 0 Å².